The van der Waals surface area contributed by atoms with Crippen LogP contribution in [0.15, 0.2) is 81.0 Å². The topological polar surface area (TPSA) is 69.7 Å². The van der Waals surface area contributed by atoms with Crippen LogP contribution in [0.25, 0.3) is 6.08 Å². The molecule has 1 saturated heterocycles. The molecule has 4 heterocycles. The van der Waals surface area contributed by atoms with Gasteiger partial charge >= 0.3 is 0 Å². The van der Waals surface area contributed by atoms with Gasteiger partial charge < -0.3 is 0 Å². The number of benzene rings is 1. The van der Waals surface area contributed by atoms with Crippen molar-refractivity contribution in [2.45, 2.75) is 49.5 Å². The molecule has 1 amide bonds. The van der Waals surface area contributed by atoms with Gasteiger partial charge in [-0.05, 0) is 96.5 Å². The Morgan fingerprint density at radius 2 is 1.68 bits per heavy atom. The quantitative estimate of drug-likeness (QED) is 0.410. The number of piperidine rings is 1. The molecule has 0 unspecified atom stereocenters. The van der Waals surface area contributed by atoms with Crippen LogP contribution in [-0.2, 0) is 10.0 Å². The van der Waals surface area contributed by atoms with E-state index in [1.165, 1.54) is 16.0 Å². The molecular weight excluding hydrogens is 523 g/mol. The standard InChI is InChI=1S/C28H29N3O3S3/c32-28(20-11-13-23(14-12-20)37(33,34)30-15-2-1-3-16-30)31-27(25-10-6-18-36-25)24-9-4-7-21(26(24)29-31)19-22-8-5-17-35-22/h5-6,8,10-14,17-19,27,29H,1-4,7,9,15-16H2/b21-19+/t27-/m0/s1. The summed E-state index contributed by atoms with van der Waals surface area (Å²) in [5, 5.41) is 5.85. The van der Waals surface area contributed by atoms with E-state index in [1.807, 2.05) is 11.4 Å². The largest absolute Gasteiger partial charge is 0.295 e. The van der Waals surface area contributed by atoms with E-state index in [4.69, 9.17) is 0 Å². The van der Waals surface area contributed by atoms with Crippen molar-refractivity contribution in [3.8, 4) is 0 Å². The van der Waals surface area contributed by atoms with Crippen LogP contribution in [-0.4, -0.2) is 36.7 Å². The molecule has 1 fully saturated rings. The molecule has 6 rings (SSSR count). The number of amides is 1. The van der Waals surface area contributed by atoms with Gasteiger partial charge in [0.2, 0.25) is 10.0 Å². The Bertz CT molecular complexity index is 1430. The SMILES string of the molecule is O=C(c1ccc(S(=O)(=O)N2CCCCC2)cc1)N1NC2=C(CCC/C2=C\c2cccs2)[C@H]1c1cccs1. The molecule has 1 aliphatic carbocycles. The van der Waals surface area contributed by atoms with Gasteiger partial charge in [0, 0.05) is 28.4 Å². The zero-order chi connectivity index (χ0) is 25.4. The number of carbonyl (C=O) groups is 1. The molecule has 192 valence electrons. The van der Waals surface area contributed by atoms with E-state index in [0.29, 0.717) is 18.7 Å². The lowest BCUT2D eigenvalue weighted by molar-refractivity contribution is 0.0659. The van der Waals surface area contributed by atoms with Gasteiger partial charge in [-0.2, -0.15) is 4.31 Å². The molecule has 0 saturated carbocycles. The molecule has 1 N–H and O–H groups in total. The average molecular weight is 552 g/mol. The predicted molar refractivity (Wildman–Crippen MR) is 149 cm³/mol. The van der Waals surface area contributed by atoms with Crippen molar-refractivity contribution in [1.82, 2.24) is 14.7 Å². The van der Waals surface area contributed by atoms with E-state index in [-0.39, 0.29) is 16.8 Å². The third-order valence-corrected chi connectivity index (χ3v) is 11.0. The maximum Gasteiger partial charge on any atom is 0.273 e. The minimum Gasteiger partial charge on any atom is -0.295 e. The highest BCUT2D eigenvalue weighted by Gasteiger charge is 2.40. The fraction of sp³-hybridized carbons (Fsp3) is 0.321. The van der Waals surface area contributed by atoms with Gasteiger partial charge in [0.15, 0.2) is 0 Å². The van der Waals surface area contributed by atoms with Gasteiger partial charge in [-0.15, -0.1) is 22.7 Å². The van der Waals surface area contributed by atoms with Crippen molar-refractivity contribution in [2.75, 3.05) is 13.1 Å². The number of rotatable bonds is 5. The first-order chi connectivity index (χ1) is 18.0. The van der Waals surface area contributed by atoms with Gasteiger partial charge in [0.05, 0.1) is 10.6 Å². The molecule has 3 aliphatic rings. The zero-order valence-corrected chi connectivity index (χ0v) is 22.9. The Morgan fingerprint density at radius 3 is 2.38 bits per heavy atom. The summed E-state index contributed by atoms with van der Waals surface area (Å²) in [6.45, 7) is 1.11. The summed E-state index contributed by atoms with van der Waals surface area (Å²) in [6, 6.07) is 14.5. The van der Waals surface area contributed by atoms with Crippen molar-refractivity contribution in [3.63, 3.8) is 0 Å². The van der Waals surface area contributed by atoms with Crippen LogP contribution in [0, 0.1) is 0 Å². The second kappa shape index (κ2) is 10.2. The third-order valence-electron chi connectivity index (χ3n) is 7.30. The maximum atomic E-state index is 13.8. The Hall–Kier alpha value is -2.72. The summed E-state index contributed by atoms with van der Waals surface area (Å²) in [5.41, 5.74) is 7.46. The van der Waals surface area contributed by atoms with Crippen LogP contribution < -0.4 is 5.43 Å². The fourth-order valence-electron chi connectivity index (χ4n) is 5.45. The van der Waals surface area contributed by atoms with Crippen molar-refractivity contribution < 1.29 is 13.2 Å². The summed E-state index contributed by atoms with van der Waals surface area (Å²) in [5.74, 6) is -0.162. The molecule has 0 bridgehead atoms. The summed E-state index contributed by atoms with van der Waals surface area (Å²) in [6.07, 6.45) is 8.02. The molecule has 0 radical (unpaired) electrons. The highest BCUT2D eigenvalue weighted by Crippen LogP contribution is 2.45. The lowest BCUT2D eigenvalue weighted by Crippen LogP contribution is -2.40. The summed E-state index contributed by atoms with van der Waals surface area (Å²) in [7, 11) is -3.54. The first kappa shape index (κ1) is 24.6. The Balaban J connectivity index is 1.30. The van der Waals surface area contributed by atoms with E-state index in [9.17, 15) is 13.2 Å². The van der Waals surface area contributed by atoms with E-state index >= 15 is 0 Å². The van der Waals surface area contributed by atoms with Crippen molar-refractivity contribution in [2.24, 2.45) is 0 Å². The Kier molecular flexibility index (Phi) is 6.79. The normalized spacial score (nSPS) is 21.8. The number of nitrogens with one attached hydrogen (secondary N) is 1. The number of hydrogen-bond acceptors (Lipinski definition) is 6. The van der Waals surface area contributed by atoms with Gasteiger partial charge in [-0.3, -0.25) is 10.2 Å². The molecule has 9 heteroatoms. The molecule has 6 nitrogen and oxygen atoms in total. The summed E-state index contributed by atoms with van der Waals surface area (Å²) >= 11 is 3.36. The molecule has 0 spiro atoms. The Morgan fingerprint density at radius 1 is 0.919 bits per heavy atom. The van der Waals surface area contributed by atoms with Gasteiger partial charge in [0.1, 0.15) is 6.04 Å². The second-order valence-corrected chi connectivity index (χ2v) is 13.5. The van der Waals surface area contributed by atoms with Crippen molar-refractivity contribution >= 4 is 44.7 Å². The van der Waals surface area contributed by atoms with E-state index < -0.39 is 10.0 Å². The number of hydrogen-bond donors (Lipinski definition) is 1. The lowest BCUT2D eigenvalue weighted by Gasteiger charge is -2.27. The number of nitrogens with zero attached hydrogens (tertiary/aromatic N) is 2. The smallest absolute Gasteiger partial charge is 0.273 e. The minimum absolute atomic E-state index is 0.162. The number of carbonyl (C=O) groups excluding carboxylic acids is 1. The molecular formula is C28H29N3O3S3. The predicted octanol–water partition coefficient (Wildman–Crippen LogP) is 6.21. The number of allylic oxidation sites excluding steroid dienone is 1. The fourth-order valence-corrected chi connectivity index (χ4v) is 8.50. The molecule has 1 aromatic carbocycles. The van der Waals surface area contributed by atoms with Crippen LogP contribution in [0.3, 0.4) is 0 Å². The van der Waals surface area contributed by atoms with Gasteiger partial charge in [-0.25, -0.2) is 13.4 Å². The monoisotopic (exact) mass is 551 g/mol. The molecule has 2 aromatic heterocycles. The van der Waals surface area contributed by atoms with Gasteiger partial charge in [0.25, 0.3) is 5.91 Å². The highest BCUT2D eigenvalue weighted by molar-refractivity contribution is 7.89. The van der Waals surface area contributed by atoms with E-state index in [1.54, 1.807) is 56.3 Å². The first-order valence-corrected chi connectivity index (χ1v) is 15.9. The van der Waals surface area contributed by atoms with Crippen LogP contribution in [0.2, 0.25) is 0 Å². The van der Waals surface area contributed by atoms with Crippen LogP contribution in [0.1, 0.15) is 64.7 Å². The summed E-state index contributed by atoms with van der Waals surface area (Å²) in [4.78, 5) is 16.4. The molecule has 3 aromatic rings. The third kappa shape index (κ3) is 4.69. The number of sulfonamides is 1. The van der Waals surface area contributed by atoms with E-state index in [2.05, 4.69) is 35.1 Å². The van der Waals surface area contributed by atoms with Crippen LogP contribution in [0.4, 0.5) is 0 Å². The van der Waals surface area contributed by atoms with Gasteiger partial charge in [-0.1, -0.05) is 18.6 Å². The van der Waals surface area contributed by atoms with Crippen LogP contribution >= 0.6 is 22.7 Å². The summed E-state index contributed by atoms with van der Waals surface area (Å²) < 4.78 is 27.7. The van der Waals surface area contributed by atoms with Crippen LogP contribution in [0.5, 0.6) is 0 Å². The first-order valence-electron chi connectivity index (χ1n) is 12.7. The second-order valence-electron chi connectivity index (χ2n) is 9.63. The minimum atomic E-state index is -3.54. The molecule has 2 aliphatic heterocycles. The van der Waals surface area contributed by atoms with E-state index in [0.717, 1.165) is 49.1 Å². The average Bonchev–Trinajstić information content (AvgIpc) is 3.70. The highest BCUT2D eigenvalue weighted by atomic mass is 32.2. The number of hydrazine groups is 1. The molecule has 37 heavy (non-hydrogen) atoms. The lowest BCUT2D eigenvalue weighted by atomic mass is 9.88. The Labute approximate surface area is 226 Å². The zero-order valence-electron chi connectivity index (χ0n) is 20.4. The van der Waals surface area contributed by atoms with Crippen molar-refractivity contribution in [1.29, 1.82) is 0 Å². The van der Waals surface area contributed by atoms with Crippen molar-refractivity contribution in [3.05, 3.63) is 91.5 Å². The number of thiophene rings is 2. The maximum absolute atomic E-state index is 13.8. The molecule has 1 atom stereocenters.